The molecule has 0 spiro atoms. The summed E-state index contributed by atoms with van der Waals surface area (Å²) < 4.78 is 4.82. The fourth-order valence-electron chi connectivity index (χ4n) is 10.8. The number of fused-ring (bicyclic) bond motifs is 6. The molecule has 0 bridgehead atoms. The van der Waals surface area contributed by atoms with Gasteiger partial charge in [-0.3, -0.25) is 19.9 Å². The minimum absolute atomic E-state index is 0.905. The zero-order valence-electron chi connectivity index (χ0n) is 40.1. The lowest BCUT2D eigenvalue weighted by atomic mass is 9.97. The molecule has 6 heterocycles. The number of benzene rings is 8. The first-order valence-corrected chi connectivity index (χ1v) is 24.9. The lowest BCUT2D eigenvalue weighted by Crippen LogP contribution is -1.96. The van der Waals surface area contributed by atoms with E-state index in [0.717, 1.165) is 111 Å². The summed E-state index contributed by atoms with van der Waals surface area (Å²) in [4.78, 5) is 18.0. The van der Waals surface area contributed by atoms with E-state index in [-0.39, 0.29) is 0 Å². The van der Waals surface area contributed by atoms with Crippen LogP contribution in [0.15, 0.2) is 268 Å². The van der Waals surface area contributed by atoms with Gasteiger partial charge in [-0.05, 0) is 159 Å². The molecule has 6 aromatic heterocycles. The van der Waals surface area contributed by atoms with Crippen molar-refractivity contribution in [1.29, 1.82) is 0 Å². The average Bonchev–Trinajstić information content (AvgIpc) is 4.00. The van der Waals surface area contributed by atoms with Crippen LogP contribution >= 0.6 is 0 Å². The van der Waals surface area contributed by atoms with Crippen molar-refractivity contribution >= 4 is 43.6 Å². The Kier molecular flexibility index (Phi) is 10.4. The molecule has 8 aromatic carbocycles. The summed E-state index contributed by atoms with van der Waals surface area (Å²) in [5, 5.41) is 4.77. The number of hydrogen-bond acceptors (Lipinski definition) is 4. The first kappa shape index (κ1) is 42.8. The molecule has 346 valence electrons. The monoisotopic (exact) mass is 944 g/mol. The van der Waals surface area contributed by atoms with Gasteiger partial charge in [0.25, 0.3) is 0 Å². The maximum absolute atomic E-state index is 4.63. The normalized spacial score (nSPS) is 11.5. The van der Waals surface area contributed by atoms with Gasteiger partial charge in [0.05, 0.1) is 27.8 Å². The van der Waals surface area contributed by atoms with Crippen LogP contribution in [0.1, 0.15) is 0 Å². The van der Waals surface area contributed by atoms with Gasteiger partial charge in [-0.2, -0.15) is 0 Å². The second-order valence-corrected chi connectivity index (χ2v) is 18.8. The molecule has 0 atom stereocenters. The average molecular weight is 945 g/mol. The summed E-state index contributed by atoms with van der Waals surface area (Å²) in [7, 11) is 0. The SMILES string of the molecule is c1ccc(-c2cncc(-c3ccc4c(c3)c3ccccc3n4-c3cccc(-c4cccc(-n5c6ccc(-c7cccc(-c8cccnc8)c7)cc6c6cc(-c7cccc(-c8cccnc8)c7)ccc65)c4)c3)c2)nc1. The molecule has 0 aliphatic rings. The van der Waals surface area contributed by atoms with E-state index in [9.17, 15) is 0 Å². The maximum Gasteiger partial charge on any atom is 0.0717 e. The van der Waals surface area contributed by atoms with E-state index in [4.69, 9.17) is 0 Å². The number of nitrogens with zero attached hydrogens (tertiary/aromatic N) is 6. The lowest BCUT2D eigenvalue weighted by molar-refractivity contribution is 1.17. The van der Waals surface area contributed by atoms with E-state index in [2.05, 4.69) is 223 Å². The molecule has 0 saturated heterocycles. The largest absolute Gasteiger partial charge is 0.309 e. The minimum atomic E-state index is 0.905. The molecule has 6 heteroatoms. The second-order valence-electron chi connectivity index (χ2n) is 18.8. The summed E-state index contributed by atoms with van der Waals surface area (Å²) in [6.07, 6.45) is 13.1. The van der Waals surface area contributed by atoms with E-state index in [1.165, 1.54) is 21.5 Å². The predicted molar refractivity (Wildman–Crippen MR) is 304 cm³/mol. The van der Waals surface area contributed by atoms with E-state index < -0.39 is 0 Å². The topological polar surface area (TPSA) is 61.4 Å². The van der Waals surface area contributed by atoms with Crippen molar-refractivity contribution in [1.82, 2.24) is 29.1 Å². The summed E-state index contributed by atoms with van der Waals surface area (Å²) in [5.41, 5.74) is 22.2. The van der Waals surface area contributed by atoms with Crippen LogP contribution in [-0.2, 0) is 0 Å². The number of aromatic nitrogens is 6. The summed E-state index contributed by atoms with van der Waals surface area (Å²) in [6, 6.07) is 81.1. The fourth-order valence-corrected chi connectivity index (χ4v) is 10.8. The van der Waals surface area contributed by atoms with E-state index in [1.54, 1.807) is 0 Å². The van der Waals surface area contributed by atoms with Crippen molar-refractivity contribution in [3.05, 3.63) is 268 Å². The third kappa shape index (κ3) is 7.61. The number of rotatable bonds is 9. The van der Waals surface area contributed by atoms with Crippen molar-refractivity contribution < 1.29 is 0 Å². The quantitative estimate of drug-likeness (QED) is 0.145. The van der Waals surface area contributed by atoms with Gasteiger partial charge in [-0.1, -0.05) is 115 Å². The Morgan fingerprint density at radius 3 is 1.16 bits per heavy atom. The van der Waals surface area contributed by atoms with Crippen LogP contribution in [-0.4, -0.2) is 29.1 Å². The number of pyridine rings is 4. The highest BCUT2D eigenvalue weighted by Crippen LogP contribution is 2.41. The zero-order valence-corrected chi connectivity index (χ0v) is 40.1. The molecule has 0 aliphatic carbocycles. The van der Waals surface area contributed by atoms with Crippen molar-refractivity contribution in [2.75, 3.05) is 0 Å². The highest BCUT2D eigenvalue weighted by molar-refractivity contribution is 6.12. The molecular formula is C68H44N6. The van der Waals surface area contributed by atoms with Gasteiger partial charge in [-0.25, -0.2) is 0 Å². The maximum atomic E-state index is 4.63. The predicted octanol–water partition coefficient (Wildman–Crippen LogP) is 17.1. The molecule has 6 nitrogen and oxygen atoms in total. The Morgan fingerprint density at radius 2 is 0.635 bits per heavy atom. The molecule has 74 heavy (non-hydrogen) atoms. The van der Waals surface area contributed by atoms with Crippen LogP contribution in [0.25, 0.3) is 133 Å². The molecule has 0 unspecified atom stereocenters. The van der Waals surface area contributed by atoms with E-state index >= 15 is 0 Å². The molecule has 0 saturated carbocycles. The zero-order chi connectivity index (χ0) is 49.0. The highest BCUT2D eigenvalue weighted by Gasteiger charge is 2.18. The second kappa shape index (κ2) is 18.0. The van der Waals surface area contributed by atoms with Gasteiger partial charge in [-0.15, -0.1) is 0 Å². The van der Waals surface area contributed by atoms with Crippen LogP contribution in [0, 0.1) is 0 Å². The molecule has 0 fully saturated rings. The molecule has 14 rings (SSSR count). The van der Waals surface area contributed by atoms with Gasteiger partial charge in [0.15, 0.2) is 0 Å². The van der Waals surface area contributed by atoms with Gasteiger partial charge in [0, 0.05) is 98.6 Å². The van der Waals surface area contributed by atoms with Crippen LogP contribution < -0.4 is 0 Å². The molecular weight excluding hydrogens is 901 g/mol. The Morgan fingerprint density at radius 1 is 0.230 bits per heavy atom. The number of para-hydroxylation sites is 1. The standard InChI is InChI=1S/C68H44N6/c1-2-23-65-60(21-1)61-40-53(56-35-57(44-71-43-56)64-22-3-4-32-72-64)26-29-66(61)73(65)58-19-7-15-49(36-58)50-16-8-20-59(37-50)74-67-27-24-51(45-11-5-13-47(33-45)54-17-9-30-69-41-54)38-62(67)63-39-52(25-28-68(63)74)46-12-6-14-48(34-46)55-18-10-31-70-42-55/h1-44H. The van der Waals surface area contributed by atoms with Crippen LogP contribution in [0.2, 0.25) is 0 Å². The van der Waals surface area contributed by atoms with Gasteiger partial charge < -0.3 is 9.13 Å². The third-order valence-corrected chi connectivity index (χ3v) is 14.4. The summed E-state index contributed by atoms with van der Waals surface area (Å²) in [5.74, 6) is 0. The number of hydrogen-bond donors (Lipinski definition) is 0. The van der Waals surface area contributed by atoms with Crippen LogP contribution in [0.4, 0.5) is 0 Å². The molecule has 0 N–H and O–H groups in total. The highest BCUT2D eigenvalue weighted by atomic mass is 15.0. The van der Waals surface area contributed by atoms with Gasteiger partial charge in [0.2, 0.25) is 0 Å². The minimum Gasteiger partial charge on any atom is -0.309 e. The van der Waals surface area contributed by atoms with Gasteiger partial charge in [0.1, 0.15) is 0 Å². The fraction of sp³-hybridized carbons (Fsp3) is 0. The van der Waals surface area contributed by atoms with E-state index in [1.807, 2.05) is 73.7 Å². The Labute approximate surface area is 427 Å². The Hall–Kier alpha value is -10.0. The molecule has 0 radical (unpaired) electrons. The van der Waals surface area contributed by atoms with Crippen molar-refractivity contribution in [3.8, 4) is 89.4 Å². The van der Waals surface area contributed by atoms with E-state index in [0.29, 0.717) is 0 Å². The lowest BCUT2D eigenvalue weighted by Gasteiger charge is -2.13. The third-order valence-electron chi connectivity index (χ3n) is 14.4. The summed E-state index contributed by atoms with van der Waals surface area (Å²) in [6.45, 7) is 0. The smallest absolute Gasteiger partial charge is 0.0717 e. The Balaban J connectivity index is 0.876. The van der Waals surface area contributed by atoms with Crippen LogP contribution in [0.5, 0.6) is 0 Å². The molecule has 14 aromatic rings. The molecule has 0 amide bonds. The van der Waals surface area contributed by atoms with Crippen molar-refractivity contribution in [2.24, 2.45) is 0 Å². The van der Waals surface area contributed by atoms with Crippen molar-refractivity contribution in [2.45, 2.75) is 0 Å². The molecule has 0 aliphatic heterocycles. The first-order chi connectivity index (χ1) is 36.7. The summed E-state index contributed by atoms with van der Waals surface area (Å²) >= 11 is 0. The van der Waals surface area contributed by atoms with Gasteiger partial charge >= 0.3 is 0 Å². The van der Waals surface area contributed by atoms with Crippen molar-refractivity contribution in [3.63, 3.8) is 0 Å². The van der Waals surface area contributed by atoms with Crippen LogP contribution in [0.3, 0.4) is 0 Å². The Bertz CT molecular complexity index is 4280. The first-order valence-electron chi connectivity index (χ1n) is 24.9.